The Kier molecular flexibility index (Phi) is 4.28. The summed E-state index contributed by atoms with van der Waals surface area (Å²) in [5, 5.41) is 3.45. The number of nitrogens with zero attached hydrogens (tertiary/aromatic N) is 2. The molecule has 18 heavy (non-hydrogen) atoms. The number of likely N-dealkylation sites (tertiary alicyclic amines) is 1. The minimum atomic E-state index is -0.273. The summed E-state index contributed by atoms with van der Waals surface area (Å²) in [6, 6.07) is 0.391. The fourth-order valence-corrected chi connectivity index (χ4v) is 3.40. The molecule has 0 aromatic heterocycles. The summed E-state index contributed by atoms with van der Waals surface area (Å²) in [4.78, 5) is 17.1. The summed E-state index contributed by atoms with van der Waals surface area (Å²) < 4.78 is 0. The van der Waals surface area contributed by atoms with Crippen LogP contribution in [-0.4, -0.2) is 61.0 Å². The van der Waals surface area contributed by atoms with Crippen molar-refractivity contribution in [1.29, 1.82) is 0 Å². The first kappa shape index (κ1) is 13.8. The first-order valence-electron chi connectivity index (χ1n) is 7.30. The second kappa shape index (κ2) is 5.57. The molecule has 2 rings (SSSR count). The van der Waals surface area contributed by atoms with Crippen molar-refractivity contribution in [2.24, 2.45) is 0 Å². The van der Waals surface area contributed by atoms with Crippen molar-refractivity contribution in [2.45, 2.75) is 50.6 Å². The van der Waals surface area contributed by atoms with Crippen molar-refractivity contribution in [3.05, 3.63) is 0 Å². The molecule has 2 unspecified atom stereocenters. The van der Waals surface area contributed by atoms with E-state index in [4.69, 9.17) is 0 Å². The van der Waals surface area contributed by atoms with Crippen molar-refractivity contribution < 1.29 is 4.79 Å². The van der Waals surface area contributed by atoms with Crippen molar-refractivity contribution in [2.75, 3.05) is 33.7 Å². The lowest BCUT2D eigenvalue weighted by Gasteiger charge is -2.40. The maximum atomic E-state index is 12.7. The molecule has 2 fully saturated rings. The molecule has 4 nitrogen and oxygen atoms in total. The normalized spacial score (nSPS) is 33.6. The fourth-order valence-electron chi connectivity index (χ4n) is 3.40. The summed E-state index contributed by atoms with van der Waals surface area (Å²) in [7, 11) is 4.14. The van der Waals surface area contributed by atoms with Gasteiger partial charge in [-0.3, -0.25) is 4.79 Å². The summed E-state index contributed by atoms with van der Waals surface area (Å²) in [5.41, 5.74) is -0.273. The Hall–Kier alpha value is -0.610. The molecule has 1 N–H and O–H groups in total. The Morgan fingerprint density at radius 1 is 1.50 bits per heavy atom. The first-order chi connectivity index (χ1) is 8.59. The molecule has 0 aromatic carbocycles. The van der Waals surface area contributed by atoms with Gasteiger partial charge in [-0.05, 0) is 52.2 Å². The van der Waals surface area contributed by atoms with Crippen LogP contribution in [0.4, 0.5) is 0 Å². The van der Waals surface area contributed by atoms with Gasteiger partial charge >= 0.3 is 0 Å². The fraction of sp³-hybridized carbons (Fsp3) is 0.929. The van der Waals surface area contributed by atoms with Crippen molar-refractivity contribution in [1.82, 2.24) is 15.1 Å². The Bertz CT molecular complexity index is 299. The molecule has 0 aliphatic carbocycles. The van der Waals surface area contributed by atoms with Gasteiger partial charge in [0.1, 0.15) is 0 Å². The average molecular weight is 253 g/mol. The summed E-state index contributed by atoms with van der Waals surface area (Å²) in [6.45, 7) is 5.28. The predicted molar refractivity (Wildman–Crippen MR) is 73.5 cm³/mol. The van der Waals surface area contributed by atoms with Crippen molar-refractivity contribution >= 4 is 5.91 Å². The zero-order valence-corrected chi connectivity index (χ0v) is 12.0. The molecule has 2 saturated heterocycles. The van der Waals surface area contributed by atoms with Crippen LogP contribution in [0.2, 0.25) is 0 Å². The minimum absolute atomic E-state index is 0.273. The molecule has 2 atom stereocenters. The summed E-state index contributed by atoms with van der Waals surface area (Å²) in [5.74, 6) is 0.308. The Labute approximate surface area is 111 Å². The highest BCUT2D eigenvalue weighted by Gasteiger charge is 2.42. The molecule has 0 radical (unpaired) electrons. The van der Waals surface area contributed by atoms with Crippen LogP contribution < -0.4 is 5.32 Å². The van der Waals surface area contributed by atoms with Crippen LogP contribution >= 0.6 is 0 Å². The summed E-state index contributed by atoms with van der Waals surface area (Å²) in [6.07, 6.45) is 5.36. The number of hydrogen-bond donors (Lipinski definition) is 1. The monoisotopic (exact) mass is 253 g/mol. The topological polar surface area (TPSA) is 35.6 Å². The van der Waals surface area contributed by atoms with Gasteiger partial charge < -0.3 is 15.1 Å². The second-order valence-electron chi connectivity index (χ2n) is 5.94. The lowest BCUT2D eigenvalue weighted by molar-refractivity contribution is -0.139. The minimum Gasteiger partial charge on any atom is -0.340 e. The van der Waals surface area contributed by atoms with Gasteiger partial charge in [0.05, 0.1) is 5.54 Å². The zero-order chi connectivity index (χ0) is 13.2. The molecular weight excluding hydrogens is 226 g/mol. The number of piperidine rings is 1. The second-order valence-corrected chi connectivity index (χ2v) is 5.94. The van der Waals surface area contributed by atoms with Gasteiger partial charge in [0.25, 0.3) is 0 Å². The highest BCUT2D eigenvalue weighted by Crippen LogP contribution is 2.27. The maximum absolute atomic E-state index is 12.7. The van der Waals surface area contributed by atoms with Gasteiger partial charge in [0.15, 0.2) is 0 Å². The van der Waals surface area contributed by atoms with Gasteiger partial charge in [-0.2, -0.15) is 0 Å². The Morgan fingerprint density at radius 3 is 2.83 bits per heavy atom. The number of rotatable bonds is 3. The largest absolute Gasteiger partial charge is 0.340 e. The van der Waals surface area contributed by atoms with E-state index < -0.39 is 0 Å². The quantitative estimate of drug-likeness (QED) is 0.817. The van der Waals surface area contributed by atoms with Gasteiger partial charge in [-0.25, -0.2) is 0 Å². The molecule has 1 amide bonds. The number of amides is 1. The van der Waals surface area contributed by atoms with E-state index >= 15 is 0 Å². The molecule has 2 aliphatic heterocycles. The SMILES string of the molecule is CCC1(C(=O)N(C)C2CCCN(C)C2)CCCN1. The Morgan fingerprint density at radius 2 is 2.28 bits per heavy atom. The number of nitrogens with one attached hydrogen (secondary N) is 1. The standard InChI is InChI=1S/C14H27N3O/c1-4-14(8-6-9-15-14)13(18)17(3)12-7-5-10-16(2)11-12/h12,15H,4-11H2,1-3H3. The summed E-state index contributed by atoms with van der Waals surface area (Å²) >= 11 is 0. The predicted octanol–water partition coefficient (Wildman–Crippen LogP) is 1.07. The van der Waals surface area contributed by atoms with Crippen LogP contribution in [0.1, 0.15) is 39.0 Å². The van der Waals surface area contributed by atoms with E-state index in [2.05, 4.69) is 24.2 Å². The number of carbonyl (C=O) groups excluding carboxylic acids is 1. The van der Waals surface area contributed by atoms with Crippen molar-refractivity contribution in [3.63, 3.8) is 0 Å². The smallest absolute Gasteiger partial charge is 0.242 e. The van der Waals surface area contributed by atoms with E-state index in [1.165, 1.54) is 6.42 Å². The van der Waals surface area contributed by atoms with Crippen LogP contribution in [0, 0.1) is 0 Å². The maximum Gasteiger partial charge on any atom is 0.242 e. The average Bonchev–Trinajstić information content (AvgIpc) is 2.87. The molecule has 2 heterocycles. The van der Waals surface area contributed by atoms with Gasteiger partial charge in [-0.1, -0.05) is 6.92 Å². The number of carbonyl (C=O) groups is 1. The lowest BCUT2D eigenvalue weighted by atomic mass is 9.91. The zero-order valence-electron chi connectivity index (χ0n) is 12.0. The van der Waals surface area contributed by atoms with Crippen LogP contribution in [0.25, 0.3) is 0 Å². The number of likely N-dealkylation sites (N-methyl/N-ethyl adjacent to an activating group) is 2. The lowest BCUT2D eigenvalue weighted by Crippen LogP contribution is -2.58. The van der Waals surface area contributed by atoms with E-state index in [0.717, 1.165) is 45.3 Å². The molecule has 0 saturated carbocycles. The Balaban J connectivity index is 2.03. The van der Waals surface area contributed by atoms with Gasteiger partial charge in [-0.15, -0.1) is 0 Å². The van der Waals surface area contributed by atoms with E-state index in [0.29, 0.717) is 11.9 Å². The van der Waals surface area contributed by atoms with E-state index in [1.54, 1.807) is 0 Å². The van der Waals surface area contributed by atoms with Crippen LogP contribution in [0.15, 0.2) is 0 Å². The van der Waals surface area contributed by atoms with Crippen LogP contribution in [-0.2, 0) is 4.79 Å². The van der Waals surface area contributed by atoms with E-state index in [9.17, 15) is 4.79 Å². The van der Waals surface area contributed by atoms with Crippen LogP contribution in [0.3, 0.4) is 0 Å². The first-order valence-corrected chi connectivity index (χ1v) is 7.30. The van der Waals surface area contributed by atoms with E-state index in [-0.39, 0.29) is 5.54 Å². The third-order valence-electron chi connectivity index (χ3n) is 4.72. The van der Waals surface area contributed by atoms with Crippen molar-refractivity contribution in [3.8, 4) is 0 Å². The molecule has 0 spiro atoms. The van der Waals surface area contributed by atoms with E-state index in [1.807, 2.05) is 11.9 Å². The molecular formula is C14H27N3O. The molecule has 4 heteroatoms. The highest BCUT2D eigenvalue weighted by molar-refractivity contribution is 5.86. The van der Waals surface area contributed by atoms with Gasteiger partial charge in [0, 0.05) is 19.6 Å². The molecule has 0 aromatic rings. The molecule has 104 valence electrons. The third kappa shape index (κ3) is 2.54. The highest BCUT2D eigenvalue weighted by atomic mass is 16.2. The molecule has 2 aliphatic rings. The number of hydrogen-bond acceptors (Lipinski definition) is 3. The van der Waals surface area contributed by atoms with Crippen LogP contribution in [0.5, 0.6) is 0 Å². The third-order valence-corrected chi connectivity index (χ3v) is 4.72. The van der Waals surface area contributed by atoms with Gasteiger partial charge in [0.2, 0.25) is 5.91 Å². The molecule has 0 bridgehead atoms.